The molecule has 0 saturated carbocycles. The minimum absolute atomic E-state index is 0.140. The molecular weight excluding hydrogens is 335 g/mol. The Morgan fingerprint density at radius 2 is 2.17 bits per heavy atom. The van der Waals surface area contributed by atoms with E-state index in [1.807, 2.05) is 17.5 Å². The van der Waals surface area contributed by atoms with Crippen molar-refractivity contribution >= 4 is 17.3 Å². The van der Waals surface area contributed by atoms with Gasteiger partial charge in [0, 0.05) is 6.07 Å². The third-order valence-corrected chi connectivity index (χ3v) is 4.06. The van der Waals surface area contributed by atoms with Gasteiger partial charge in [-0.25, -0.2) is 9.18 Å². The zero-order valence-electron chi connectivity index (χ0n) is 12.9. The zero-order valence-corrected chi connectivity index (χ0v) is 13.7. The molecule has 0 aliphatic heterocycles. The number of ether oxygens (including phenoxy) is 2. The lowest BCUT2D eigenvalue weighted by atomic mass is 10.2. The first kappa shape index (κ1) is 16.1. The number of benzene rings is 1. The molecule has 124 valence electrons. The van der Waals surface area contributed by atoms with E-state index in [0.717, 1.165) is 10.9 Å². The van der Waals surface area contributed by atoms with Crippen LogP contribution < -0.4 is 4.74 Å². The fourth-order valence-electron chi connectivity index (χ4n) is 1.96. The van der Waals surface area contributed by atoms with Gasteiger partial charge in [-0.3, -0.25) is 0 Å². The molecule has 0 aliphatic rings. The second-order valence-corrected chi connectivity index (χ2v) is 5.76. The molecule has 0 unspecified atom stereocenters. The molecule has 0 spiro atoms. The average molecular weight is 348 g/mol. The van der Waals surface area contributed by atoms with Gasteiger partial charge in [0.25, 0.3) is 11.8 Å². The number of halogens is 1. The molecule has 1 atom stereocenters. The SMILES string of the molecule is COc1ccc(C(=O)O[C@H](C)c2nnc(-c3cccs3)o2)c(F)c1. The van der Waals surface area contributed by atoms with Gasteiger partial charge < -0.3 is 13.9 Å². The van der Waals surface area contributed by atoms with Crippen LogP contribution in [0.3, 0.4) is 0 Å². The first-order valence-electron chi connectivity index (χ1n) is 7.00. The molecule has 2 heterocycles. The van der Waals surface area contributed by atoms with Crippen molar-refractivity contribution in [2.24, 2.45) is 0 Å². The molecule has 24 heavy (non-hydrogen) atoms. The molecule has 0 amide bonds. The second kappa shape index (κ2) is 6.79. The van der Waals surface area contributed by atoms with Crippen LogP contribution in [-0.4, -0.2) is 23.3 Å². The Morgan fingerprint density at radius 3 is 2.83 bits per heavy atom. The fraction of sp³-hybridized carbons (Fsp3) is 0.188. The summed E-state index contributed by atoms with van der Waals surface area (Å²) >= 11 is 1.45. The number of thiophene rings is 1. The Balaban J connectivity index is 1.72. The predicted octanol–water partition coefficient (Wildman–Crippen LogP) is 3.86. The minimum atomic E-state index is -0.821. The molecule has 1 aromatic carbocycles. The van der Waals surface area contributed by atoms with Gasteiger partial charge in [0.05, 0.1) is 17.6 Å². The maximum Gasteiger partial charge on any atom is 0.341 e. The maximum absolute atomic E-state index is 13.9. The van der Waals surface area contributed by atoms with E-state index in [0.29, 0.717) is 11.6 Å². The molecule has 3 aromatic rings. The van der Waals surface area contributed by atoms with Crippen molar-refractivity contribution in [2.75, 3.05) is 7.11 Å². The number of rotatable bonds is 5. The lowest BCUT2D eigenvalue weighted by molar-refractivity contribution is 0.0274. The van der Waals surface area contributed by atoms with Gasteiger partial charge in [0.2, 0.25) is 0 Å². The van der Waals surface area contributed by atoms with Crippen LogP contribution in [-0.2, 0) is 4.74 Å². The average Bonchev–Trinajstić information content (AvgIpc) is 3.25. The van der Waals surface area contributed by atoms with Crippen LogP contribution in [0.2, 0.25) is 0 Å². The number of hydrogen-bond donors (Lipinski definition) is 0. The van der Waals surface area contributed by atoms with Crippen molar-refractivity contribution in [3.8, 4) is 16.5 Å². The Bertz CT molecular complexity index is 848. The molecule has 0 aliphatic carbocycles. The third-order valence-electron chi connectivity index (χ3n) is 3.20. The van der Waals surface area contributed by atoms with E-state index >= 15 is 0 Å². The number of aromatic nitrogens is 2. The van der Waals surface area contributed by atoms with Crippen molar-refractivity contribution in [3.05, 3.63) is 53.0 Å². The van der Waals surface area contributed by atoms with Gasteiger partial charge in [-0.1, -0.05) is 6.07 Å². The highest BCUT2D eigenvalue weighted by atomic mass is 32.1. The topological polar surface area (TPSA) is 74.5 Å². The summed E-state index contributed by atoms with van der Waals surface area (Å²) < 4.78 is 29.5. The highest BCUT2D eigenvalue weighted by Gasteiger charge is 2.22. The lowest BCUT2D eigenvalue weighted by Gasteiger charge is -2.10. The summed E-state index contributed by atoms with van der Waals surface area (Å²) in [5.41, 5.74) is -0.194. The van der Waals surface area contributed by atoms with E-state index in [4.69, 9.17) is 13.9 Å². The van der Waals surface area contributed by atoms with Gasteiger partial charge in [-0.05, 0) is 30.5 Å². The zero-order chi connectivity index (χ0) is 17.1. The van der Waals surface area contributed by atoms with Crippen molar-refractivity contribution in [3.63, 3.8) is 0 Å². The number of hydrogen-bond acceptors (Lipinski definition) is 7. The Morgan fingerprint density at radius 1 is 1.33 bits per heavy atom. The van der Waals surface area contributed by atoms with Gasteiger partial charge in [-0.15, -0.1) is 21.5 Å². The van der Waals surface area contributed by atoms with E-state index < -0.39 is 17.9 Å². The van der Waals surface area contributed by atoms with Crippen LogP contribution >= 0.6 is 11.3 Å². The number of nitrogens with zero attached hydrogens (tertiary/aromatic N) is 2. The smallest absolute Gasteiger partial charge is 0.341 e. The summed E-state index contributed by atoms with van der Waals surface area (Å²) in [6.45, 7) is 1.57. The summed E-state index contributed by atoms with van der Waals surface area (Å²) in [7, 11) is 1.41. The summed E-state index contributed by atoms with van der Waals surface area (Å²) in [6.07, 6.45) is -0.805. The lowest BCUT2D eigenvalue weighted by Crippen LogP contribution is -2.11. The molecule has 8 heteroatoms. The molecule has 3 rings (SSSR count). The van der Waals surface area contributed by atoms with Crippen molar-refractivity contribution in [2.45, 2.75) is 13.0 Å². The van der Waals surface area contributed by atoms with Gasteiger partial charge >= 0.3 is 5.97 Å². The molecular formula is C16H13FN2O4S. The standard InChI is InChI=1S/C16H13FN2O4S/c1-9(14-18-19-15(23-14)13-4-3-7-24-13)22-16(20)11-6-5-10(21-2)8-12(11)17/h3-9H,1-2H3/t9-/m1/s1. The second-order valence-electron chi connectivity index (χ2n) is 4.82. The largest absolute Gasteiger partial charge is 0.497 e. The molecule has 0 fully saturated rings. The number of carbonyl (C=O) groups excluding carboxylic acids is 1. The minimum Gasteiger partial charge on any atom is -0.497 e. The molecule has 2 aromatic heterocycles. The number of methoxy groups -OCH3 is 1. The first-order valence-corrected chi connectivity index (χ1v) is 7.88. The summed E-state index contributed by atoms with van der Waals surface area (Å²) in [5.74, 6) is -0.747. The van der Waals surface area contributed by atoms with Crippen molar-refractivity contribution < 1.29 is 23.1 Å². The molecule has 0 radical (unpaired) electrons. The third kappa shape index (κ3) is 3.28. The van der Waals surface area contributed by atoms with Crippen molar-refractivity contribution in [1.82, 2.24) is 10.2 Å². The van der Waals surface area contributed by atoms with E-state index in [9.17, 15) is 9.18 Å². The molecule has 0 N–H and O–H groups in total. The molecule has 0 saturated heterocycles. The number of carbonyl (C=O) groups is 1. The maximum atomic E-state index is 13.9. The van der Waals surface area contributed by atoms with Crippen molar-refractivity contribution in [1.29, 1.82) is 0 Å². The first-order chi connectivity index (χ1) is 11.6. The van der Waals surface area contributed by atoms with E-state index in [-0.39, 0.29) is 11.5 Å². The Labute approximate surface area is 140 Å². The predicted molar refractivity (Wildman–Crippen MR) is 84.4 cm³/mol. The monoisotopic (exact) mass is 348 g/mol. The fourth-order valence-corrected chi connectivity index (χ4v) is 2.61. The van der Waals surface area contributed by atoms with Gasteiger partial charge in [-0.2, -0.15) is 0 Å². The Kier molecular flexibility index (Phi) is 4.57. The van der Waals surface area contributed by atoms with E-state index in [1.165, 1.54) is 30.6 Å². The number of esters is 1. The van der Waals surface area contributed by atoms with Crippen LogP contribution in [0.25, 0.3) is 10.8 Å². The molecule has 6 nitrogen and oxygen atoms in total. The summed E-state index contributed by atoms with van der Waals surface area (Å²) in [5, 5.41) is 9.66. The summed E-state index contributed by atoms with van der Waals surface area (Å²) in [4.78, 5) is 12.9. The molecule has 0 bridgehead atoms. The van der Waals surface area contributed by atoms with Gasteiger partial charge in [0.15, 0.2) is 6.10 Å². The van der Waals surface area contributed by atoms with Crippen LogP contribution in [0.4, 0.5) is 4.39 Å². The van der Waals surface area contributed by atoms with Crippen LogP contribution in [0, 0.1) is 5.82 Å². The quantitative estimate of drug-likeness (QED) is 0.652. The van der Waals surface area contributed by atoms with Crippen LogP contribution in [0.5, 0.6) is 5.75 Å². The van der Waals surface area contributed by atoms with Crippen LogP contribution in [0.15, 0.2) is 40.1 Å². The van der Waals surface area contributed by atoms with Crippen LogP contribution in [0.1, 0.15) is 29.3 Å². The highest BCUT2D eigenvalue weighted by molar-refractivity contribution is 7.13. The normalized spacial score (nSPS) is 12.0. The summed E-state index contributed by atoms with van der Waals surface area (Å²) in [6, 6.07) is 7.59. The van der Waals surface area contributed by atoms with E-state index in [2.05, 4.69) is 10.2 Å². The Hall–Kier alpha value is -2.74. The van der Waals surface area contributed by atoms with E-state index in [1.54, 1.807) is 6.92 Å². The highest BCUT2D eigenvalue weighted by Crippen LogP contribution is 2.26. The van der Waals surface area contributed by atoms with Gasteiger partial charge in [0.1, 0.15) is 11.6 Å².